The second kappa shape index (κ2) is 11.9. The third-order valence-corrected chi connectivity index (χ3v) is 9.06. The summed E-state index contributed by atoms with van der Waals surface area (Å²) in [5.74, 6) is -1.76. The van der Waals surface area contributed by atoms with Gasteiger partial charge < -0.3 is 14.4 Å². The molecule has 1 amide bonds. The molecule has 20 heteroatoms. The SMILES string of the molecule is CCN(CC(F)(F)F)C(=O)c1nc(-c2nnc(C(C)(C)O)o2)sc1-c1ccc(S(=O)(=O)NC(C)C(F)(F)F)c(Cl)c1Cl. The minimum Gasteiger partial charge on any atom is -0.415 e. The molecule has 0 radical (unpaired) electrons. The van der Waals surface area contributed by atoms with Crippen molar-refractivity contribution >= 4 is 50.5 Å². The highest BCUT2D eigenvalue weighted by Gasteiger charge is 2.40. The number of carbonyl (C=O) groups excluding carboxylic acids is 1. The van der Waals surface area contributed by atoms with E-state index in [0.29, 0.717) is 23.2 Å². The maximum atomic E-state index is 13.3. The third kappa shape index (κ3) is 7.52. The van der Waals surface area contributed by atoms with Gasteiger partial charge in [-0.3, -0.25) is 4.79 Å². The fourth-order valence-electron chi connectivity index (χ4n) is 3.27. The molecule has 2 N–H and O–H groups in total. The molecule has 3 rings (SSSR count). The Morgan fingerprint density at radius 1 is 1.14 bits per heavy atom. The zero-order valence-electron chi connectivity index (χ0n) is 21.9. The van der Waals surface area contributed by atoms with Crippen molar-refractivity contribution < 1.29 is 49.1 Å². The number of hydrogen-bond acceptors (Lipinski definition) is 9. The number of nitrogens with zero attached hydrogens (tertiary/aromatic N) is 4. The average Bonchev–Trinajstić information content (AvgIpc) is 3.50. The molecule has 0 spiro atoms. The van der Waals surface area contributed by atoms with Crippen LogP contribution in [0.5, 0.6) is 0 Å². The normalized spacial score (nSPS) is 13.8. The summed E-state index contributed by atoms with van der Waals surface area (Å²) in [5, 5.41) is 16.1. The first-order chi connectivity index (χ1) is 19.1. The number of aliphatic hydroxyl groups is 1. The van der Waals surface area contributed by atoms with Crippen LogP contribution in [-0.2, 0) is 15.6 Å². The van der Waals surface area contributed by atoms with Crippen LogP contribution in [0.4, 0.5) is 26.3 Å². The monoisotopic (exact) mass is 683 g/mol. The number of aromatic nitrogens is 3. The number of amides is 1. The van der Waals surface area contributed by atoms with Gasteiger partial charge in [0.15, 0.2) is 5.01 Å². The molecular weight excluding hydrogens is 663 g/mol. The van der Waals surface area contributed by atoms with Crippen molar-refractivity contribution in [2.24, 2.45) is 0 Å². The van der Waals surface area contributed by atoms with Gasteiger partial charge in [0.1, 0.15) is 28.8 Å². The number of hydrogen-bond donors (Lipinski definition) is 2. The molecule has 0 saturated carbocycles. The first-order valence-corrected chi connectivity index (χ1v) is 14.6. The fourth-order valence-corrected chi connectivity index (χ4v) is 6.43. The van der Waals surface area contributed by atoms with E-state index in [4.69, 9.17) is 27.6 Å². The highest BCUT2D eigenvalue weighted by molar-refractivity contribution is 7.89. The van der Waals surface area contributed by atoms with Gasteiger partial charge in [0.25, 0.3) is 11.8 Å². The molecule has 1 atom stereocenters. The number of sulfonamides is 1. The fraction of sp³-hybridized carbons (Fsp3) is 0.455. The van der Waals surface area contributed by atoms with E-state index in [9.17, 15) is 44.7 Å². The molecule has 3 aromatic rings. The van der Waals surface area contributed by atoms with Crippen LogP contribution in [0.3, 0.4) is 0 Å². The molecule has 42 heavy (non-hydrogen) atoms. The molecule has 0 bridgehead atoms. The second-order valence-electron chi connectivity index (χ2n) is 9.23. The lowest BCUT2D eigenvalue weighted by Gasteiger charge is -2.22. The van der Waals surface area contributed by atoms with Crippen LogP contribution >= 0.6 is 34.5 Å². The molecule has 0 aliphatic heterocycles. The largest absolute Gasteiger partial charge is 0.415 e. The minimum absolute atomic E-state index is 0.177. The van der Waals surface area contributed by atoms with Crippen molar-refractivity contribution in [3.63, 3.8) is 0 Å². The van der Waals surface area contributed by atoms with Gasteiger partial charge in [0.2, 0.25) is 15.9 Å². The van der Waals surface area contributed by atoms with Crippen LogP contribution in [0.2, 0.25) is 10.0 Å². The summed E-state index contributed by atoms with van der Waals surface area (Å²) in [5.41, 5.74) is -2.32. The maximum absolute atomic E-state index is 13.3. The van der Waals surface area contributed by atoms with Gasteiger partial charge in [-0.1, -0.05) is 29.3 Å². The minimum atomic E-state index is -4.92. The van der Waals surface area contributed by atoms with Crippen molar-refractivity contribution in [1.82, 2.24) is 24.8 Å². The Labute approximate surface area is 248 Å². The van der Waals surface area contributed by atoms with E-state index >= 15 is 0 Å². The molecule has 0 saturated heterocycles. The number of carbonyl (C=O) groups is 1. The van der Waals surface area contributed by atoms with Gasteiger partial charge in [0, 0.05) is 12.1 Å². The van der Waals surface area contributed by atoms with Crippen molar-refractivity contribution in [1.29, 1.82) is 0 Å². The first kappa shape index (κ1) is 34.0. The average molecular weight is 684 g/mol. The van der Waals surface area contributed by atoms with Gasteiger partial charge in [-0.15, -0.1) is 21.5 Å². The molecular formula is C22H21Cl2F6N5O5S2. The molecule has 10 nitrogen and oxygen atoms in total. The number of thiazole rings is 1. The quantitative estimate of drug-likeness (QED) is 0.276. The molecule has 0 aliphatic carbocycles. The lowest BCUT2D eigenvalue weighted by atomic mass is 10.1. The van der Waals surface area contributed by atoms with Crippen molar-refractivity contribution in [2.45, 2.75) is 56.6 Å². The Morgan fingerprint density at radius 2 is 1.76 bits per heavy atom. The second-order valence-corrected chi connectivity index (χ2v) is 12.7. The highest BCUT2D eigenvalue weighted by Crippen LogP contribution is 2.44. The maximum Gasteiger partial charge on any atom is 0.406 e. The number of rotatable bonds is 9. The number of nitrogens with one attached hydrogen (secondary N) is 1. The van der Waals surface area contributed by atoms with Crippen molar-refractivity contribution in [2.75, 3.05) is 13.1 Å². The van der Waals surface area contributed by atoms with E-state index in [-0.39, 0.29) is 33.8 Å². The van der Waals surface area contributed by atoms with Gasteiger partial charge in [-0.25, -0.2) is 13.4 Å². The van der Waals surface area contributed by atoms with Crippen LogP contribution in [0.1, 0.15) is 44.1 Å². The summed E-state index contributed by atoms with van der Waals surface area (Å²) in [6.45, 7) is 2.52. The molecule has 1 unspecified atom stereocenters. The lowest BCUT2D eigenvalue weighted by Crippen LogP contribution is -2.43. The van der Waals surface area contributed by atoms with Crippen molar-refractivity contribution in [3.05, 3.63) is 33.8 Å². The van der Waals surface area contributed by atoms with Crippen LogP contribution in [0, 0.1) is 0 Å². The molecule has 1 aromatic carbocycles. The highest BCUT2D eigenvalue weighted by atomic mass is 35.5. The predicted octanol–water partition coefficient (Wildman–Crippen LogP) is 5.65. The van der Waals surface area contributed by atoms with Gasteiger partial charge in [-0.2, -0.15) is 31.1 Å². The van der Waals surface area contributed by atoms with E-state index in [1.807, 2.05) is 0 Å². The summed E-state index contributed by atoms with van der Waals surface area (Å²) in [6, 6.07) is -0.664. The Kier molecular flexibility index (Phi) is 9.61. The van der Waals surface area contributed by atoms with Crippen LogP contribution in [-0.4, -0.2) is 71.0 Å². The third-order valence-electron chi connectivity index (χ3n) is 5.40. The number of benzene rings is 1. The van der Waals surface area contributed by atoms with Gasteiger partial charge in [0.05, 0.1) is 14.9 Å². The van der Waals surface area contributed by atoms with E-state index in [1.165, 1.54) is 25.5 Å². The molecule has 2 heterocycles. The van der Waals surface area contributed by atoms with E-state index < -0.39 is 67.1 Å². The molecule has 2 aromatic heterocycles. The number of alkyl halides is 6. The standard InChI is InChI=1S/C22H21Cl2F6N5O5S2/c1-5-35(8-21(25,26)27)18(36)14-15(41-17(31-14)16-32-33-19(40-16)20(3,4)37)10-6-7-11(13(24)12(10)23)42(38,39)34-9(2)22(28,29)30/h6-7,9,34,37H,5,8H2,1-4H3. The van der Waals surface area contributed by atoms with E-state index in [2.05, 4.69) is 15.2 Å². The Morgan fingerprint density at radius 3 is 2.26 bits per heavy atom. The Balaban J connectivity index is 2.19. The smallest absolute Gasteiger partial charge is 0.406 e. The van der Waals surface area contributed by atoms with E-state index in [0.717, 1.165) is 12.1 Å². The summed E-state index contributed by atoms with van der Waals surface area (Å²) in [4.78, 5) is 16.8. The summed E-state index contributed by atoms with van der Waals surface area (Å²) >= 11 is 13.1. The zero-order valence-corrected chi connectivity index (χ0v) is 25.0. The van der Waals surface area contributed by atoms with Crippen LogP contribution in [0.25, 0.3) is 21.3 Å². The molecule has 0 aliphatic rings. The van der Waals surface area contributed by atoms with Gasteiger partial charge >= 0.3 is 12.4 Å². The van der Waals surface area contributed by atoms with Crippen LogP contribution < -0.4 is 4.72 Å². The topological polar surface area (TPSA) is 139 Å². The summed E-state index contributed by atoms with van der Waals surface area (Å²) in [7, 11) is -4.86. The summed E-state index contributed by atoms with van der Waals surface area (Å²) < 4.78 is 111. The lowest BCUT2D eigenvalue weighted by molar-refractivity contribution is -0.147. The number of halogens is 8. The van der Waals surface area contributed by atoms with Gasteiger partial charge in [-0.05, 0) is 33.8 Å². The zero-order chi connectivity index (χ0) is 32.0. The predicted molar refractivity (Wildman–Crippen MR) is 140 cm³/mol. The molecule has 0 fully saturated rings. The van der Waals surface area contributed by atoms with Crippen molar-refractivity contribution in [3.8, 4) is 21.3 Å². The summed E-state index contributed by atoms with van der Waals surface area (Å²) in [6.07, 6.45) is -9.69. The first-order valence-electron chi connectivity index (χ1n) is 11.6. The van der Waals surface area contributed by atoms with E-state index in [1.54, 1.807) is 0 Å². The Hall–Kier alpha value is -2.51. The van der Waals surface area contributed by atoms with Crippen LogP contribution in [0.15, 0.2) is 21.4 Å². The Bertz CT molecular complexity index is 1590. The molecule has 232 valence electrons.